The molecule has 2 heterocycles. The van der Waals surface area contributed by atoms with Crippen molar-refractivity contribution in [1.82, 2.24) is 0 Å². The summed E-state index contributed by atoms with van der Waals surface area (Å²) in [6, 6.07) is 23.2. The summed E-state index contributed by atoms with van der Waals surface area (Å²) in [4.78, 5) is 53.5. The molecule has 0 N–H and O–H groups in total. The molecule has 0 bridgehead atoms. The molecule has 0 radical (unpaired) electrons. The Hall–Kier alpha value is -4.52. The Morgan fingerprint density at radius 3 is 2.31 bits per heavy atom. The number of benzene rings is 3. The fourth-order valence-electron chi connectivity index (χ4n) is 5.63. The molecule has 36 heavy (non-hydrogen) atoms. The summed E-state index contributed by atoms with van der Waals surface area (Å²) in [6.45, 7) is 1.29. The molecule has 6 rings (SSSR count). The van der Waals surface area contributed by atoms with Gasteiger partial charge >= 0.3 is 11.6 Å². The summed E-state index contributed by atoms with van der Waals surface area (Å²) in [5.41, 5.74) is 1.92. The van der Waals surface area contributed by atoms with Crippen LogP contribution < -0.4 is 15.3 Å². The van der Waals surface area contributed by atoms with Crippen LogP contribution >= 0.6 is 0 Å². The van der Waals surface area contributed by atoms with Crippen LogP contribution in [0.25, 0.3) is 11.0 Å². The maximum atomic E-state index is 13.8. The van der Waals surface area contributed by atoms with Crippen LogP contribution in [0.1, 0.15) is 35.4 Å². The number of imide groups is 1. The molecule has 0 saturated carbocycles. The van der Waals surface area contributed by atoms with Crippen molar-refractivity contribution in [2.75, 3.05) is 4.90 Å². The van der Waals surface area contributed by atoms with Crippen LogP contribution in [-0.2, 0) is 20.8 Å². The van der Waals surface area contributed by atoms with Gasteiger partial charge in [-0.15, -0.1) is 0 Å². The highest BCUT2D eigenvalue weighted by Gasteiger charge is 2.56. The molecule has 1 aliphatic carbocycles. The maximum absolute atomic E-state index is 13.8. The molecule has 1 aromatic heterocycles. The molecule has 1 fully saturated rings. The van der Waals surface area contributed by atoms with E-state index >= 15 is 0 Å². The van der Waals surface area contributed by atoms with E-state index in [1.54, 1.807) is 36.4 Å². The number of para-hydroxylation sites is 1. The second kappa shape index (κ2) is 8.30. The first-order valence-electron chi connectivity index (χ1n) is 11.7. The highest BCUT2D eigenvalue weighted by atomic mass is 16.5. The number of esters is 1. The summed E-state index contributed by atoms with van der Waals surface area (Å²) in [5, 5.41) is 0.651. The number of hydrogen-bond acceptors (Lipinski definition) is 6. The lowest BCUT2D eigenvalue weighted by atomic mass is 9.67. The lowest BCUT2D eigenvalue weighted by Crippen LogP contribution is -2.34. The number of fused-ring (bicyclic) bond motifs is 5. The first-order chi connectivity index (χ1) is 17.4. The topological polar surface area (TPSA) is 93.9 Å². The number of nitrogens with zero attached hydrogens (tertiary/aromatic N) is 1. The van der Waals surface area contributed by atoms with Crippen LogP contribution in [0.5, 0.6) is 5.75 Å². The molecule has 7 heteroatoms. The van der Waals surface area contributed by atoms with Gasteiger partial charge in [-0.3, -0.25) is 14.4 Å². The second-order valence-corrected chi connectivity index (χ2v) is 9.11. The Labute approximate surface area is 205 Å². The van der Waals surface area contributed by atoms with Crippen molar-refractivity contribution in [3.05, 3.63) is 106 Å². The Morgan fingerprint density at radius 1 is 0.917 bits per heavy atom. The Bertz CT molecular complexity index is 1590. The van der Waals surface area contributed by atoms with E-state index in [-0.39, 0.29) is 28.7 Å². The normalized spacial score (nSPS) is 20.8. The van der Waals surface area contributed by atoms with Gasteiger partial charge in [0.05, 0.1) is 23.1 Å². The maximum Gasteiger partial charge on any atom is 0.340 e. The summed E-state index contributed by atoms with van der Waals surface area (Å²) in [5.74, 6) is -2.98. The number of anilines is 1. The van der Waals surface area contributed by atoms with Gasteiger partial charge in [0.15, 0.2) is 0 Å². The van der Waals surface area contributed by atoms with Crippen LogP contribution in [0.2, 0.25) is 0 Å². The molecule has 178 valence electrons. The zero-order valence-electron chi connectivity index (χ0n) is 19.3. The highest BCUT2D eigenvalue weighted by Crippen LogP contribution is 2.51. The predicted octanol–water partition coefficient (Wildman–Crippen LogP) is 4.33. The molecule has 3 atom stereocenters. The molecule has 7 nitrogen and oxygen atoms in total. The van der Waals surface area contributed by atoms with Crippen LogP contribution in [-0.4, -0.2) is 17.8 Å². The van der Waals surface area contributed by atoms with Gasteiger partial charge in [-0.1, -0.05) is 48.5 Å². The molecule has 1 aliphatic heterocycles. The van der Waals surface area contributed by atoms with E-state index in [0.717, 1.165) is 5.56 Å². The largest absolute Gasteiger partial charge is 0.427 e. The van der Waals surface area contributed by atoms with E-state index in [1.165, 1.54) is 17.9 Å². The van der Waals surface area contributed by atoms with Crippen molar-refractivity contribution in [2.24, 2.45) is 5.92 Å². The molecule has 0 spiro atoms. The van der Waals surface area contributed by atoms with Gasteiger partial charge in [-0.25, -0.2) is 9.69 Å². The first kappa shape index (κ1) is 22.0. The number of ether oxygens (including phenoxy) is 1. The average molecular weight is 479 g/mol. The fraction of sp³-hybridized carbons (Fsp3) is 0.172. The summed E-state index contributed by atoms with van der Waals surface area (Å²) in [7, 11) is 0. The summed E-state index contributed by atoms with van der Waals surface area (Å²) < 4.78 is 10.8. The minimum absolute atomic E-state index is 0.233. The Morgan fingerprint density at radius 2 is 1.61 bits per heavy atom. The molecular weight excluding hydrogens is 458 g/mol. The monoisotopic (exact) mass is 479 g/mol. The SMILES string of the molecule is CC(=O)Oc1ccc2c3c(c(=O)oc2c1)C1C(=O)N(c2ccccc2)C(=O)C1[C@H](c1ccccc1)C3. The average Bonchev–Trinajstić information content (AvgIpc) is 3.14. The predicted molar refractivity (Wildman–Crippen MR) is 132 cm³/mol. The third-order valence-corrected chi connectivity index (χ3v) is 7.05. The Balaban J connectivity index is 1.58. The molecule has 2 amide bonds. The van der Waals surface area contributed by atoms with Crippen molar-refractivity contribution in [3.8, 4) is 5.75 Å². The number of carbonyl (C=O) groups excluding carboxylic acids is 3. The molecule has 3 aromatic carbocycles. The second-order valence-electron chi connectivity index (χ2n) is 9.11. The first-order valence-corrected chi connectivity index (χ1v) is 11.7. The Kier molecular flexibility index (Phi) is 5.07. The van der Waals surface area contributed by atoms with Crippen LogP contribution in [0.15, 0.2) is 88.1 Å². The smallest absolute Gasteiger partial charge is 0.340 e. The summed E-state index contributed by atoms with van der Waals surface area (Å²) in [6.07, 6.45) is 0.386. The van der Waals surface area contributed by atoms with Crippen LogP contribution in [0.3, 0.4) is 0 Å². The van der Waals surface area contributed by atoms with Gasteiger partial charge in [0.1, 0.15) is 11.3 Å². The van der Waals surface area contributed by atoms with Gasteiger partial charge in [0.2, 0.25) is 11.8 Å². The molecule has 1 saturated heterocycles. The molecular formula is C29H21NO6. The van der Waals surface area contributed by atoms with Gasteiger partial charge < -0.3 is 9.15 Å². The molecule has 2 aliphatic rings. The van der Waals surface area contributed by atoms with E-state index in [9.17, 15) is 19.2 Å². The third kappa shape index (κ3) is 3.35. The number of carbonyl (C=O) groups is 3. The quantitative estimate of drug-likeness (QED) is 0.188. The lowest BCUT2D eigenvalue weighted by molar-refractivity contribution is -0.132. The minimum Gasteiger partial charge on any atom is -0.427 e. The summed E-state index contributed by atoms with van der Waals surface area (Å²) >= 11 is 0. The van der Waals surface area contributed by atoms with Crippen LogP contribution in [0.4, 0.5) is 5.69 Å². The lowest BCUT2D eigenvalue weighted by Gasteiger charge is -2.32. The van der Waals surface area contributed by atoms with Gasteiger partial charge in [-0.2, -0.15) is 0 Å². The van der Waals surface area contributed by atoms with Crippen molar-refractivity contribution in [1.29, 1.82) is 0 Å². The standard InChI is InChI=1S/C29H21NO6/c1-16(31)35-19-12-13-20-22-15-21(17-8-4-2-5-9-17)24-26(25(22)29(34)36-23(20)14-19)28(33)30(27(24)32)18-10-6-3-7-11-18/h2-14,21,24,26H,15H2,1H3/t21-,24?,26?/m0/s1. The van der Waals surface area contributed by atoms with Gasteiger partial charge in [-0.05, 0) is 41.8 Å². The van der Waals surface area contributed by atoms with E-state index in [4.69, 9.17) is 9.15 Å². The van der Waals surface area contributed by atoms with E-state index in [1.807, 2.05) is 36.4 Å². The minimum atomic E-state index is -0.958. The van der Waals surface area contributed by atoms with Crippen molar-refractivity contribution in [2.45, 2.75) is 25.2 Å². The van der Waals surface area contributed by atoms with Crippen molar-refractivity contribution in [3.63, 3.8) is 0 Å². The zero-order valence-corrected chi connectivity index (χ0v) is 19.3. The van der Waals surface area contributed by atoms with Gasteiger partial charge in [0, 0.05) is 24.3 Å². The number of rotatable bonds is 3. The van der Waals surface area contributed by atoms with Crippen molar-refractivity contribution >= 4 is 34.4 Å². The van der Waals surface area contributed by atoms with E-state index < -0.39 is 29.3 Å². The third-order valence-electron chi connectivity index (χ3n) is 7.05. The van der Waals surface area contributed by atoms with E-state index in [2.05, 4.69) is 0 Å². The number of hydrogen-bond donors (Lipinski definition) is 0. The van der Waals surface area contributed by atoms with E-state index in [0.29, 0.717) is 23.1 Å². The highest BCUT2D eigenvalue weighted by molar-refractivity contribution is 6.24. The van der Waals surface area contributed by atoms with Crippen molar-refractivity contribution < 1.29 is 23.5 Å². The molecule has 2 unspecified atom stereocenters. The zero-order chi connectivity index (χ0) is 25.0. The van der Waals surface area contributed by atoms with Gasteiger partial charge in [0.25, 0.3) is 0 Å². The number of amides is 2. The molecule has 4 aromatic rings. The fourth-order valence-corrected chi connectivity index (χ4v) is 5.63. The van der Waals surface area contributed by atoms with Crippen LogP contribution in [0, 0.1) is 5.92 Å².